The molecule has 0 bridgehead atoms. The number of ether oxygens (including phenoxy) is 3. The second-order valence-corrected chi connectivity index (χ2v) is 24.1. The monoisotopic (exact) mass is 1160 g/mol. The van der Waals surface area contributed by atoms with E-state index in [9.17, 15) is 14.4 Å². The first-order chi connectivity index (χ1) is 41.0. The summed E-state index contributed by atoms with van der Waals surface area (Å²) in [6.07, 6.45) is 95.0. The zero-order chi connectivity index (χ0) is 59.9. The molecule has 0 aromatic carbocycles. The molecule has 0 aromatic rings. The Hall–Kier alpha value is -3.41. The van der Waals surface area contributed by atoms with Gasteiger partial charge in [-0.2, -0.15) is 0 Å². The van der Waals surface area contributed by atoms with Gasteiger partial charge in [0.15, 0.2) is 6.10 Å². The van der Waals surface area contributed by atoms with Crippen LogP contribution >= 0.6 is 0 Å². The summed E-state index contributed by atoms with van der Waals surface area (Å²) in [4.78, 5) is 38.4. The van der Waals surface area contributed by atoms with Crippen LogP contribution in [0.5, 0.6) is 0 Å². The topological polar surface area (TPSA) is 78.9 Å². The minimum Gasteiger partial charge on any atom is -0.462 e. The Labute approximate surface area is 515 Å². The second kappa shape index (κ2) is 71.1. The predicted molar refractivity (Wildman–Crippen MR) is 362 cm³/mol. The molecule has 1 unspecified atom stereocenters. The van der Waals surface area contributed by atoms with E-state index in [1.807, 2.05) is 0 Å². The quantitative estimate of drug-likeness (QED) is 0.0261. The molecule has 6 nitrogen and oxygen atoms in total. The van der Waals surface area contributed by atoms with Gasteiger partial charge in [0.25, 0.3) is 0 Å². The minimum absolute atomic E-state index is 0.0914. The molecular formula is C77H136O6. The first-order valence-corrected chi connectivity index (χ1v) is 36.1. The van der Waals surface area contributed by atoms with E-state index in [2.05, 4.69) is 106 Å². The highest BCUT2D eigenvalue weighted by Crippen LogP contribution is 2.19. The van der Waals surface area contributed by atoms with Crippen LogP contribution < -0.4 is 0 Å². The fraction of sp³-hybridized carbons (Fsp3) is 0.779. The van der Waals surface area contributed by atoms with Gasteiger partial charge in [0.1, 0.15) is 13.2 Å². The third kappa shape index (κ3) is 69.3. The summed E-state index contributed by atoms with van der Waals surface area (Å²) in [5, 5.41) is 0. The number of hydrogen-bond donors (Lipinski definition) is 0. The highest BCUT2D eigenvalue weighted by molar-refractivity contribution is 5.71. The summed E-state index contributed by atoms with van der Waals surface area (Å²) < 4.78 is 16.9. The van der Waals surface area contributed by atoms with Crippen molar-refractivity contribution < 1.29 is 28.6 Å². The summed E-state index contributed by atoms with van der Waals surface area (Å²) in [6, 6.07) is 0. The van der Waals surface area contributed by atoms with Crippen molar-refractivity contribution in [1.29, 1.82) is 0 Å². The van der Waals surface area contributed by atoms with Crippen LogP contribution in [0.4, 0.5) is 0 Å². The van der Waals surface area contributed by atoms with Gasteiger partial charge in [0, 0.05) is 19.3 Å². The van der Waals surface area contributed by atoms with Gasteiger partial charge in [-0.25, -0.2) is 0 Å². The van der Waals surface area contributed by atoms with E-state index >= 15 is 0 Å². The first kappa shape index (κ1) is 79.6. The average Bonchev–Trinajstić information content (AvgIpc) is 3.49. The van der Waals surface area contributed by atoms with Crippen LogP contribution in [0.1, 0.15) is 367 Å². The summed E-state index contributed by atoms with van der Waals surface area (Å²) in [5.41, 5.74) is 0. The molecule has 83 heavy (non-hydrogen) atoms. The minimum atomic E-state index is -0.800. The molecule has 0 radical (unpaired) electrons. The number of hydrogen-bond acceptors (Lipinski definition) is 6. The van der Waals surface area contributed by atoms with Crippen LogP contribution in [0.25, 0.3) is 0 Å². The lowest BCUT2D eigenvalue weighted by Gasteiger charge is -2.18. The van der Waals surface area contributed by atoms with Crippen LogP contribution in [-0.2, 0) is 28.6 Å². The Morgan fingerprint density at radius 2 is 0.470 bits per heavy atom. The molecule has 6 heteroatoms. The van der Waals surface area contributed by atoms with E-state index in [-0.39, 0.29) is 31.1 Å². The van der Waals surface area contributed by atoms with Crippen LogP contribution in [0.3, 0.4) is 0 Å². The zero-order valence-electron chi connectivity index (χ0n) is 55.2. The lowest BCUT2D eigenvalue weighted by atomic mass is 10.0. The summed E-state index contributed by atoms with van der Waals surface area (Å²) >= 11 is 0. The molecule has 0 spiro atoms. The smallest absolute Gasteiger partial charge is 0.306 e. The molecule has 0 amide bonds. The van der Waals surface area contributed by atoms with E-state index < -0.39 is 6.10 Å². The Balaban J connectivity index is 4.17. The zero-order valence-corrected chi connectivity index (χ0v) is 55.2. The fourth-order valence-electron chi connectivity index (χ4n) is 10.6. The lowest BCUT2D eigenvalue weighted by Crippen LogP contribution is -2.30. The van der Waals surface area contributed by atoms with Gasteiger partial charge in [-0.3, -0.25) is 14.4 Å². The molecule has 0 saturated heterocycles. The summed E-state index contributed by atoms with van der Waals surface area (Å²) in [7, 11) is 0. The molecule has 1 atom stereocenters. The number of unbranched alkanes of at least 4 members (excludes halogenated alkanes) is 41. The Morgan fingerprint density at radius 3 is 0.759 bits per heavy atom. The molecule has 0 fully saturated rings. The average molecular weight is 1160 g/mol. The van der Waals surface area contributed by atoms with Gasteiger partial charge in [-0.1, -0.05) is 343 Å². The lowest BCUT2D eigenvalue weighted by molar-refractivity contribution is -0.167. The fourth-order valence-corrected chi connectivity index (χ4v) is 10.6. The second-order valence-electron chi connectivity index (χ2n) is 24.1. The molecule has 0 aliphatic heterocycles. The molecule has 0 rings (SSSR count). The maximum Gasteiger partial charge on any atom is 0.306 e. The van der Waals surface area contributed by atoms with Gasteiger partial charge in [0.2, 0.25) is 0 Å². The molecule has 480 valence electrons. The van der Waals surface area contributed by atoms with Crippen LogP contribution in [0.2, 0.25) is 0 Å². The van der Waals surface area contributed by atoms with E-state index in [0.717, 1.165) is 109 Å². The molecule has 0 aromatic heterocycles. The van der Waals surface area contributed by atoms with E-state index in [4.69, 9.17) is 14.2 Å². The van der Waals surface area contributed by atoms with Gasteiger partial charge in [-0.05, 0) is 89.9 Å². The standard InChI is InChI=1S/C77H136O6/c1-4-7-10-13-16-19-22-25-28-30-31-32-33-34-35-36-37-38-39-40-41-42-43-44-45-47-49-52-55-58-61-64-67-70-76(79)82-73-74(72-81-75(78)69-66-63-60-57-54-51-48-27-24-21-18-15-12-9-6-3)83-77(80)71-68-65-62-59-56-53-50-46-29-26-23-20-17-14-11-8-5-2/h8-9,11-12,17-18,20-21,26-27,29,48,54,57,74H,4-7,10,13-16,19,22-25,28,30-47,49-53,55-56,58-73H2,1-3H3/b11-8-,12-9-,20-17-,21-18-,29-26-,48-27-,57-54-. The normalized spacial score (nSPS) is 12.6. The van der Waals surface area contributed by atoms with Gasteiger partial charge in [0.05, 0.1) is 0 Å². The van der Waals surface area contributed by atoms with Crippen molar-refractivity contribution in [3.05, 3.63) is 85.1 Å². The highest BCUT2D eigenvalue weighted by atomic mass is 16.6. The van der Waals surface area contributed by atoms with Gasteiger partial charge >= 0.3 is 17.9 Å². The number of carbonyl (C=O) groups excluding carboxylic acids is 3. The van der Waals surface area contributed by atoms with Crippen molar-refractivity contribution in [2.24, 2.45) is 0 Å². The SMILES string of the molecule is CC/C=C\C/C=C\C/C=C\C/C=C\CCCCC(=O)OCC(COC(=O)CCCCCCCCCCCCCCCCCCCCCCCCCCCCCCCCCCC)OC(=O)CCCCCCCCC/C=C\C/C=C\C/C=C\CC. The van der Waals surface area contributed by atoms with Gasteiger partial charge < -0.3 is 14.2 Å². The number of allylic oxidation sites excluding steroid dienone is 14. The Kier molecular flexibility index (Phi) is 68.2. The summed E-state index contributed by atoms with van der Waals surface area (Å²) in [5.74, 6) is -0.929. The van der Waals surface area contributed by atoms with Crippen LogP contribution in [0, 0.1) is 0 Å². The summed E-state index contributed by atoms with van der Waals surface area (Å²) in [6.45, 7) is 6.42. The van der Waals surface area contributed by atoms with E-state index in [0.29, 0.717) is 19.3 Å². The van der Waals surface area contributed by atoms with Gasteiger partial charge in [-0.15, -0.1) is 0 Å². The largest absolute Gasteiger partial charge is 0.462 e. The number of rotatable bonds is 66. The molecular weight excluding hydrogens is 1020 g/mol. The number of carbonyl (C=O) groups is 3. The Morgan fingerprint density at radius 1 is 0.253 bits per heavy atom. The number of esters is 3. The van der Waals surface area contributed by atoms with E-state index in [1.54, 1.807) is 0 Å². The van der Waals surface area contributed by atoms with Crippen molar-refractivity contribution in [3.63, 3.8) is 0 Å². The van der Waals surface area contributed by atoms with Crippen molar-refractivity contribution in [1.82, 2.24) is 0 Å². The molecule has 0 saturated carbocycles. The maximum absolute atomic E-state index is 12.9. The highest BCUT2D eigenvalue weighted by Gasteiger charge is 2.19. The van der Waals surface area contributed by atoms with Crippen molar-refractivity contribution in [2.45, 2.75) is 374 Å². The third-order valence-electron chi connectivity index (χ3n) is 15.9. The van der Waals surface area contributed by atoms with Crippen molar-refractivity contribution >= 4 is 17.9 Å². The molecule has 0 aliphatic rings. The van der Waals surface area contributed by atoms with E-state index in [1.165, 1.54) is 218 Å². The molecule has 0 heterocycles. The predicted octanol–water partition coefficient (Wildman–Crippen LogP) is 25.0. The maximum atomic E-state index is 12.9. The molecule has 0 aliphatic carbocycles. The third-order valence-corrected chi connectivity index (χ3v) is 15.9. The first-order valence-electron chi connectivity index (χ1n) is 36.1. The van der Waals surface area contributed by atoms with Crippen molar-refractivity contribution in [2.75, 3.05) is 13.2 Å². The van der Waals surface area contributed by atoms with Crippen LogP contribution in [0.15, 0.2) is 85.1 Å². The van der Waals surface area contributed by atoms with Crippen molar-refractivity contribution in [3.8, 4) is 0 Å². The molecule has 0 N–H and O–H groups in total. The van der Waals surface area contributed by atoms with Crippen LogP contribution in [-0.4, -0.2) is 37.2 Å². The Bertz CT molecular complexity index is 1570.